The van der Waals surface area contributed by atoms with Crippen LogP contribution in [0, 0.1) is 0 Å². The molecule has 0 radical (unpaired) electrons. The lowest BCUT2D eigenvalue weighted by molar-refractivity contribution is -0.0536. The van der Waals surface area contributed by atoms with Crippen LogP contribution in [0.5, 0.6) is 0 Å². The van der Waals surface area contributed by atoms with Gasteiger partial charge in [-0.2, -0.15) is 9.40 Å². The number of hydrogen-bond acceptors (Lipinski definition) is 6. The highest BCUT2D eigenvalue weighted by Gasteiger charge is 2.48. The van der Waals surface area contributed by atoms with Crippen LogP contribution in [0.2, 0.25) is 0 Å². The normalized spacial score (nSPS) is 29.4. The molecule has 156 valence electrons. The molecule has 8 nitrogen and oxygen atoms in total. The van der Waals surface area contributed by atoms with Gasteiger partial charge in [0.1, 0.15) is 0 Å². The number of aromatic nitrogens is 2. The summed E-state index contributed by atoms with van der Waals surface area (Å²) >= 11 is 0. The third kappa shape index (κ3) is 3.21. The summed E-state index contributed by atoms with van der Waals surface area (Å²) in [6.07, 6.45) is 5.10. The van der Waals surface area contributed by atoms with Crippen molar-refractivity contribution in [1.29, 1.82) is 0 Å². The lowest BCUT2D eigenvalue weighted by Crippen LogP contribution is -2.56. The lowest BCUT2D eigenvalue weighted by Gasteiger charge is -2.42. The Morgan fingerprint density at radius 3 is 2.61 bits per heavy atom. The Kier molecular flexibility index (Phi) is 4.59. The van der Waals surface area contributed by atoms with Crippen molar-refractivity contribution in [1.82, 2.24) is 19.0 Å². The molecule has 0 bridgehead atoms. The van der Waals surface area contributed by atoms with Crippen LogP contribution in [0.1, 0.15) is 43.7 Å². The summed E-state index contributed by atoms with van der Waals surface area (Å²) in [7, 11) is -0.0106. The van der Waals surface area contributed by atoms with Crippen LogP contribution >= 0.6 is 0 Å². The zero-order valence-corrected chi connectivity index (χ0v) is 17.5. The third-order valence-corrected chi connectivity index (χ3v) is 8.96. The summed E-state index contributed by atoms with van der Waals surface area (Å²) in [6, 6.07) is 2.21. The molecular formula is C19H30N4O4S. The first-order valence-corrected chi connectivity index (χ1v) is 11.8. The maximum absolute atomic E-state index is 13.2. The van der Waals surface area contributed by atoms with Crippen molar-refractivity contribution >= 4 is 10.0 Å². The van der Waals surface area contributed by atoms with Crippen LogP contribution < -0.4 is 0 Å². The van der Waals surface area contributed by atoms with E-state index >= 15 is 0 Å². The summed E-state index contributed by atoms with van der Waals surface area (Å²) < 4.78 is 41.1. The van der Waals surface area contributed by atoms with Crippen molar-refractivity contribution in [3.8, 4) is 0 Å². The topological polar surface area (TPSA) is 76.9 Å². The van der Waals surface area contributed by atoms with E-state index in [9.17, 15) is 8.42 Å². The molecule has 1 spiro atoms. The SMILES string of the molecule is COC1CN(C2COC3(CCN(S(=O)(=O)c4cc(C5CC5)nn4C)CC3)C2)C1. The van der Waals surface area contributed by atoms with Gasteiger partial charge in [0.2, 0.25) is 0 Å². The van der Waals surface area contributed by atoms with E-state index in [1.165, 1.54) is 4.68 Å². The van der Waals surface area contributed by atoms with Crippen molar-refractivity contribution < 1.29 is 17.9 Å². The summed E-state index contributed by atoms with van der Waals surface area (Å²) in [4.78, 5) is 2.43. The quantitative estimate of drug-likeness (QED) is 0.719. The molecule has 9 heteroatoms. The highest BCUT2D eigenvalue weighted by atomic mass is 32.2. The second-order valence-corrected chi connectivity index (χ2v) is 10.8. The van der Waals surface area contributed by atoms with Gasteiger partial charge in [-0.25, -0.2) is 8.42 Å². The van der Waals surface area contributed by atoms with E-state index < -0.39 is 10.0 Å². The summed E-state index contributed by atoms with van der Waals surface area (Å²) in [5.41, 5.74) is 0.751. The fraction of sp³-hybridized carbons (Fsp3) is 0.842. The molecular weight excluding hydrogens is 380 g/mol. The standard InChI is InChI=1S/C19H30N4O4S/c1-21-18(9-17(20-21)14-3-4-14)28(24,25)23-7-5-19(6-8-23)10-15(13-27-19)22-11-16(12-22)26-2/h9,14-16H,3-8,10-13H2,1-2H3. The molecule has 3 saturated heterocycles. The number of sulfonamides is 1. The molecule has 4 heterocycles. The summed E-state index contributed by atoms with van der Waals surface area (Å²) in [5, 5.41) is 4.75. The van der Waals surface area contributed by atoms with E-state index in [0.29, 0.717) is 36.2 Å². The fourth-order valence-electron chi connectivity index (χ4n) is 4.88. The molecule has 4 aliphatic rings. The minimum Gasteiger partial charge on any atom is -0.379 e. The predicted molar refractivity (Wildman–Crippen MR) is 103 cm³/mol. The summed E-state index contributed by atoms with van der Waals surface area (Å²) in [5.74, 6) is 0.447. The van der Waals surface area contributed by atoms with Gasteiger partial charge >= 0.3 is 0 Å². The van der Waals surface area contributed by atoms with Gasteiger partial charge in [-0.1, -0.05) is 0 Å². The molecule has 1 aromatic heterocycles. The maximum Gasteiger partial charge on any atom is 0.260 e. The van der Waals surface area contributed by atoms with Crippen LogP contribution in [0.4, 0.5) is 0 Å². The largest absolute Gasteiger partial charge is 0.379 e. The van der Waals surface area contributed by atoms with Gasteiger partial charge in [-0.05, 0) is 32.1 Å². The predicted octanol–water partition coefficient (Wildman–Crippen LogP) is 0.940. The van der Waals surface area contributed by atoms with Gasteiger partial charge in [-0.15, -0.1) is 0 Å². The Bertz CT molecular complexity index is 836. The minimum atomic E-state index is -3.51. The average Bonchev–Trinajstić information content (AvgIpc) is 3.30. The number of ether oxygens (including phenoxy) is 2. The molecule has 1 unspecified atom stereocenters. The second kappa shape index (κ2) is 6.77. The van der Waals surface area contributed by atoms with E-state index in [1.807, 2.05) is 0 Å². The molecule has 5 rings (SSSR count). The highest BCUT2D eigenvalue weighted by molar-refractivity contribution is 7.89. The zero-order chi connectivity index (χ0) is 19.5. The van der Waals surface area contributed by atoms with Gasteiger partial charge in [0, 0.05) is 58.4 Å². The molecule has 0 N–H and O–H groups in total. The first-order valence-electron chi connectivity index (χ1n) is 10.4. The lowest BCUT2D eigenvalue weighted by atomic mass is 9.87. The van der Waals surface area contributed by atoms with Crippen molar-refractivity contribution in [2.24, 2.45) is 7.05 Å². The van der Waals surface area contributed by atoms with Crippen LogP contribution in [0.25, 0.3) is 0 Å². The molecule has 1 saturated carbocycles. The molecule has 3 aliphatic heterocycles. The molecule has 28 heavy (non-hydrogen) atoms. The third-order valence-electron chi connectivity index (χ3n) is 7.00. The second-order valence-electron chi connectivity index (χ2n) is 8.87. The molecule has 4 fully saturated rings. The number of methoxy groups -OCH3 is 1. The Morgan fingerprint density at radius 1 is 1.25 bits per heavy atom. The maximum atomic E-state index is 13.2. The van der Waals surface area contributed by atoms with E-state index in [-0.39, 0.29) is 5.60 Å². The number of hydrogen-bond donors (Lipinski definition) is 0. The summed E-state index contributed by atoms with van der Waals surface area (Å²) in [6.45, 7) is 3.73. The zero-order valence-electron chi connectivity index (χ0n) is 16.7. The van der Waals surface area contributed by atoms with Crippen molar-refractivity contribution in [2.75, 3.05) is 39.9 Å². The van der Waals surface area contributed by atoms with E-state index in [1.54, 1.807) is 24.5 Å². The first-order chi connectivity index (χ1) is 13.4. The number of nitrogens with zero attached hydrogens (tertiary/aromatic N) is 4. The number of likely N-dealkylation sites (tertiary alicyclic amines) is 1. The van der Waals surface area contributed by atoms with Crippen LogP contribution in [-0.2, 0) is 26.5 Å². The van der Waals surface area contributed by atoms with Crippen molar-refractivity contribution in [3.63, 3.8) is 0 Å². The Morgan fingerprint density at radius 2 is 1.96 bits per heavy atom. The van der Waals surface area contributed by atoms with Crippen molar-refractivity contribution in [2.45, 2.75) is 60.8 Å². The average molecular weight is 411 g/mol. The van der Waals surface area contributed by atoms with Crippen LogP contribution in [-0.4, -0.2) is 85.0 Å². The highest BCUT2D eigenvalue weighted by Crippen LogP contribution is 2.42. The Labute approximate surface area is 166 Å². The first kappa shape index (κ1) is 19.0. The number of aryl methyl sites for hydroxylation is 1. The van der Waals surface area contributed by atoms with Gasteiger partial charge < -0.3 is 9.47 Å². The van der Waals surface area contributed by atoms with E-state index in [0.717, 1.165) is 57.5 Å². The molecule has 0 aromatic carbocycles. The van der Waals surface area contributed by atoms with Gasteiger partial charge in [0.25, 0.3) is 10.0 Å². The minimum absolute atomic E-state index is 0.166. The van der Waals surface area contributed by atoms with Crippen LogP contribution in [0.15, 0.2) is 11.1 Å². The molecule has 0 amide bonds. The van der Waals surface area contributed by atoms with Gasteiger partial charge in [-0.3, -0.25) is 9.58 Å². The number of rotatable bonds is 5. The van der Waals surface area contributed by atoms with Gasteiger partial charge in [0.05, 0.1) is 24.0 Å². The van der Waals surface area contributed by atoms with Gasteiger partial charge in [0.15, 0.2) is 5.03 Å². The Hall–Kier alpha value is -1.00. The monoisotopic (exact) mass is 410 g/mol. The van der Waals surface area contributed by atoms with Crippen molar-refractivity contribution in [3.05, 3.63) is 11.8 Å². The molecule has 1 aliphatic carbocycles. The smallest absolute Gasteiger partial charge is 0.260 e. The van der Waals surface area contributed by atoms with E-state index in [4.69, 9.17) is 9.47 Å². The van der Waals surface area contributed by atoms with Crippen LogP contribution in [0.3, 0.4) is 0 Å². The molecule has 1 aromatic rings. The van der Waals surface area contributed by atoms with E-state index in [2.05, 4.69) is 10.00 Å². The number of piperidine rings is 1. The Balaban J connectivity index is 1.22. The fourth-order valence-corrected chi connectivity index (χ4v) is 6.45. The molecule has 1 atom stereocenters.